The first-order chi connectivity index (χ1) is 9.18. The first-order valence-electron chi connectivity index (χ1n) is 6.47. The normalized spacial score (nSPS) is 11.5. The van der Waals surface area contributed by atoms with E-state index >= 15 is 0 Å². The molecule has 0 atom stereocenters. The average Bonchev–Trinajstić information content (AvgIpc) is 2.37. The zero-order chi connectivity index (χ0) is 14.4. The fourth-order valence-electron chi connectivity index (χ4n) is 1.51. The van der Waals surface area contributed by atoms with Crippen LogP contribution in [0.15, 0.2) is 25.3 Å². The summed E-state index contributed by atoms with van der Waals surface area (Å²) in [5, 5.41) is 18.6. The Morgan fingerprint density at radius 2 is 1.32 bits per heavy atom. The molecule has 5 heteroatoms. The van der Waals surface area contributed by atoms with Crippen molar-refractivity contribution in [2.24, 2.45) is 0 Å². The number of hydrogen-bond donors (Lipinski definition) is 2. The maximum atomic E-state index is 10.2. The molecule has 0 bridgehead atoms. The van der Waals surface area contributed by atoms with Crippen LogP contribution in [-0.4, -0.2) is 62.1 Å². The first kappa shape index (κ1) is 18.3. The number of aliphatic hydroxyl groups is 2. The van der Waals surface area contributed by atoms with Gasteiger partial charge in [0.1, 0.15) is 0 Å². The summed E-state index contributed by atoms with van der Waals surface area (Å²) in [6.07, 6.45) is 4.27. The minimum Gasteiger partial charge on any atom is -0.394 e. The molecule has 0 aliphatic heterocycles. The van der Waals surface area contributed by atoms with E-state index in [1.54, 1.807) is 12.2 Å². The molecule has 19 heavy (non-hydrogen) atoms. The number of rotatable bonds is 14. The van der Waals surface area contributed by atoms with E-state index in [0.717, 1.165) is 0 Å². The Morgan fingerprint density at radius 3 is 1.79 bits per heavy atom. The molecule has 0 amide bonds. The molecule has 0 rings (SSSR count). The van der Waals surface area contributed by atoms with Crippen molar-refractivity contribution in [3.05, 3.63) is 25.3 Å². The van der Waals surface area contributed by atoms with Crippen LogP contribution in [0.5, 0.6) is 0 Å². The van der Waals surface area contributed by atoms with E-state index in [0.29, 0.717) is 45.9 Å². The van der Waals surface area contributed by atoms with Gasteiger partial charge >= 0.3 is 0 Å². The lowest BCUT2D eigenvalue weighted by atomic mass is 9.97. The van der Waals surface area contributed by atoms with Crippen LogP contribution in [0.3, 0.4) is 0 Å². The highest BCUT2D eigenvalue weighted by Crippen LogP contribution is 2.16. The predicted molar refractivity (Wildman–Crippen MR) is 74.1 cm³/mol. The van der Waals surface area contributed by atoms with Gasteiger partial charge in [0, 0.05) is 0 Å². The Morgan fingerprint density at radius 1 is 0.842 bits per heavy atom. The van der Waals surface area contributed by atoms with Crippen molar-refractivity contribution < 1.29 is 24.4 Å². The Hall–Kier alpha value is -0.720. The van der Waals surface area contributed by atoms with Crippen molar-refractivity contribution in [1.82, 2.24) is 0 Å². The molecule has 0 spiro atoms. The van der Waals surface area contributed by atoms with Crippen LogP contribution in [-0.2, 0) is 14.2 Å². The van der Waals surface area contributed by atoms with Gasteiger partial charge in [0.15, 0.2) is 0 Å². The van der Waals surface area contributed by atoms with Gasteiger partial charge in [-0.05, 0) is 12.8 Å². The summed E-state index contributed by atoms with van der Waals surface area (Å²) < 4.78 is 15.7. The monoisotopic (exact) mass is 274 g/mol. The SMILES string of the molecule is C=CCC(O)(CC=C)COCCOCCOCCO. The van der Waals surface area contributed by atoms with Gasteiger partial charge in [-0.2, -0.15) is 0 Å². The molecule has 112 valence electrons. The third kappa shape index (κ3) is 10.9. The van der Waals surface area contributed by atoms with E-state index in [1.165, 1.54) is 0 Å². The lowest BCUT2D eigenvalue weighted by molar-refractivity contribution is -0.0582. The van der Waals surface area contributed by atoms with Gasteiger partial charge in [0.05, 0.1) is 51.8 Å². The van der Waals surface area contributed by atoms with Crippen LogP contribution in [0.4, 0.5) is 0 Å². The van der Waals surface area contributed by atoms with Gasteiger partial charge in [0.25, 0.3) is 0 Å². The van der Waals surface area contributed by atoms with Crippen LogP contribution < -0.4 is 0 Å². The summed E-state index contributed by atoms with van der Waals surface area (Å²) in [5.74, 6) is 0. The van der Waals surface area contributed by atoms with Crippen LogP contribution in [0.2, 0.25) is 0 Å². The predicted octanol–water partition coefficient (Wildman–Crippen LogP) is 0.912. The molecule has 0 aliphatic carbocycles. The van der Waals surface area contributed by atoms with Gasteiger partial charge in [-0.15, -0.1) is 13.2 Å². The van der Waals surface area contributed by atoms with Gasteiger partial charge in [-0.1, -0.05) is 12.2 Å². The molecular formula is C14H26O5. The first-order valence-corrected chi connectivity index (χ1v) is 6.47. The molecule has 0 heterocycles. The van der Waals surface area contributed by atoms with Crippen LogP contribution in [0.1, 0.15) is 12.8 Å². The molecule has 0 radical (unpaired) electrons. The smallest absolute Gasteiger partial charge is 0.0948 e. The molecule has 0 aromatic rings. The zero-order valence-electron chi connectivity index (χ0n) is 11.6. The Kier molecular flexibility index (Phi) is 11.9. The van der Waals surface area contributed by atoms with Crippen molar-refractivity contribution in [3.8, 4) is 0 Å². The highest BCUT2D eigenvalue weighted by atomic mass is 16.5. The molecular weight excluding hydrogens is 248 g/mol. The lowest BCUT2D eigenvalue weighted by Gasteiger charge is -2.25. The summed E-state index contributed by atoms with van der Waals surface area (Å²) in [5.41, 5.74) is -0.923. The quantitative estimate of drug-likeness (QED) is 0.364. The van der Waals surface area contributed by atoms with Gasteiger partial charge < -0.3 is 24.4 Å². The third-order valence-electron chi connectivity index (χ3n) is 2.40. The fraction of sp³-hybridized carbons (Fsp3) is 0.714. The lowest BCUT2D eigenvalue weighted by Crippen LogP contribution is -2.34. The summed E-state index contributed by atoms with van der Waals surface area (Å²) in [6.45, 7) is 9.59. The van der Waals surface area contributed by atoms with Crippen molar-refractivity contribution in [2.45, 2.75) is 18.4 Å². The zero-order valence-corrected chi connectivity index (χ0v) is 11.6. The maximum absolute atomic E-state index is 10.2. The minimum absolute atomic E-state index is 0.0221. The van der Waals surface area contributed by atoms with Crippen LogP contribution in [0.25, 0.3) is 0 Å². The molecule has 0 aromatic heterocycles. The van der Waals surface area contributed by atoms with E-state index in [1.807, 2.05) is 0 Å². The maximum Gasteiger partial charge on any atom is 0.0948 e. The Balaban J connectivity index is 3.49. The second-order valence-corrected chi connectivity index (χ2v) is 4.21. The topological polar surface area (TPSA) is 68.2 Å². The Labute approximate surface area is 115 Å². The van der Waals surface area contributed by atoms with Gasteiger partial charge in [0.2, 0.25) is 0 Å². The van der Waals surface area contributed by atoms with E-state index in [4.69, 9.17) is 19.3 Å². The standard InChI is InChI=1S/C14H26O5/c1-3-5-14(16,6-4-2)13-19-12-11-18-10-9-17-8-7-15/h3-4,15-16H,1-2,5-13H2. The van der Waals surface area contributed by atoms with Crippen molar-refractivity contribution >= 4 is 0 Å². The van der Waals surface area contributed by atoms with Gasteiger partial charge in [-0.25, -0.2) is 0 Å². The number of aliphatic hydroxyl groups excluding tert-OH is 1. The summed E-state index contributed by atoms with van der Waals surface area (Å²) in [7, 11) is 0. The largest absolute Gasteiger partial charge is 0.394 e. The van der Waals surface area contributed by atoms with Crippen LogP contribution >= 0.6 is 0 Å². The third-order valence-corrected chi connectivity index (χ3v) is 2.40. The number of hydrogen-bond acceptors (Lipinski definition) is 5. The molecule has 0 saturated carbocycles. The summed E-state index contributed by atoms with van der Waals surface area (Å²) >= 11 is 0. The molecule has 5 nitrogen and oxygen atoms in total. The highest BCUT2D eigenvalue weighted by Gasteiger charge is 2.23. The molecule has 0 saturated heterocycles. The second kappa shape index (κ2) is 12.3. The molecule has 0 fully saturated rings. The van der Waals surface area contributed by atoms with E-state index in [2.05, 4.69) is 13.2 Å². The minimum atomic E-state index is -0.923. The molecule has 0 aliphatic rings. The van der Waals surface area contributed by atoms with Crippen molar-refractivity contribution in [2.75, 3.05) is 46.2 Å². The fourth-order valence-corrected chi connectivity index (χ4v) is 1.51. The molecule has 0 unspecified atom stereocenters. The molecule has 0 aromatic carbocycles. The van der Waals surface area contributed by atoms with E-state index in [-0.39, 0.29) is 13.2 Å². The Bertz CT molecular complexity index is 220. The van der Waals surface area contributed by atoms with Crippen molar-refractivity contribution in [3.63, 3.8) is 0 Å². The highest BCUT2D eigenvalue weighted by molar-refractivity contribution is 4.91. The molecule has 2 N–H and O–H groups in total. The summed E-state index contributed by atoms with van der Waals surface area (Å²) in [4.78, 5) is 0. The van der Waals surface area contributed by atoms with E-state index < -0.39 is 5.60 Å². The second-order valence-electron chi connectivity index (χ2n) is 4.21. The van der Waals surface area contributed by atoms with E-state index in [9.17, 15) is 5.11 Å². The van der Waals surface area contributed by atoms with Crippen LogP contribution in [0, 0.1) is 0 Å². The summed E-state index contributed by atoms with van der Waals surface area (Å²) in [6, 6.07) is 0. The number of ether oxygens (including phenoxy) is 3. The van der Waals surface area contributed by atoms with Gasteiger partial charge in [-0.3, -0.25) is 0 Å². The average molecular weight is 274 g/mol. The van der Waals surface area contributed by atoms with Crippen molar-refractivity contribution in [1.29, 1.82) is 0 Å².